The van der Waals surface area contributed by atoms with Gasteiger partial charge in [0.15, 0.2) is 0 Å². The highest BCUT2D eigenvalue weighted by Gasteiger charge is 2.24. The van der Waals surface area contributed by atoms with E-state index in [0.717, 1.165) is 33.2 Å². The summed E-state index contributed by atoms with van der Waals surface area (Å²) in [6.45, 7) is 2.96. The molecule has 1 amide bonds. The molecule has 0 aliphatic rings. The number of hydrogen-bond donors (Lipinski definition) is 0. The summed E-state index contributed by atoms with van der Waals surface area (Å²) in [6.07, 6.45) is 0. The van der Waals surface area contributed by atoms with Crippen LogP contribution in [0.1, 0.15) is 26.5 Å². The molecule has 4 rings (SSSR count). The number of nitrogens with zero attached hydrogens (tertiary/aromatic N) is 4. The predicted octanol–water partition coefficient (Wildman–Crippen LogP) is 5.80. The summed E-state index contributed by atoms with van der Waals surface area (Å²) in [7, 11) is 3.98. The Labute approximate surface area is 197 Å². The number of carbonyl (C=O) groups is 1. The molecule has 5 nitrogen and oxygen atoms in total. The van der Waals surface area contributed by atoms with Crippen molar-refractivity contribution in [1.82, 2.24) is 14.7 Å². The maximum absolute atomic E-state index is 13.4. The van der Waals surface area contributed by atoms with Gasteiger partial charge in [0.1, 0.15) is 5.82 Å². The highest BCUT2D eigenvalue weighted by atomic mass is 35.5. The number of carbonyl (C=O) groups excluding carboxylic acids is 1. The maximum Gasteiger partial charge on any atom is 0.264 e. The largest absolute Gasteiger partial charge is 0.362 e. The van der Waals surface area contributed by atoms with Crippen molar-refractivity contribution in [2.24, 2.45) is 0 Å². The zero-order chi connectivity index (χ0) is 22.7. The third-order valence-corrected chi connectivity index (χ3v) is 6.31. The van der Waals surface area contributed by atoms with Gasteiger partial charge in [-0.25, -0.2) is 4.68 Å². The van der Waals surface area contributed by atoms with E-state index in [4.69, 9.17) is 16.7 Å². The number of benzene rings is 2. The van der Waals surface area contributed by atoms with Crippen LogP contribution < -0.4 is 4.90 Å². The fraction of sp³-hybridized carbons (Fsp3) is 0.200. The molecular weight excluding hydrogens is 440 g/mol. The van der Waals surface area contributed by atoms with Crippen LogP contribution in [0.4, 0.5) is 5.82 Å². The summed E-state index contributed by atoms with van der Waals surface area (Å²) in [5.74, 6) is 0.949. The first kappa shape index (κ1) is 22.1. The van der Waals surface area contributed by atoms with E-state index in [0.29, 0.717) is 18.1 Å². The van der Waals surface area contributed by atoms with Gasteiger partial charge in [0, 0.05) is 31.2 Å². The maximum atomic E-state index is 13.4. The van der Waals surface area contributed by atoms with E-state index < -0.39 is 0 Å². The van der Waals surface area contributed by atoms with E-state index in [1.54, 1.807) is 0 Å². The van der Waals surface area contributed by atoms with Crippen LogP contribution in [0.5, 0.6) is 0 Å². The van der Waals surface area contributed by atoms with E-state index >= 15 is 0 Å². The van der Waals surface area contributed by atoms with Gasteiger partial charge in [-0.2, -0.15) is 5.10 Å². The van der Waals surface area contributed by atoms with Crippen molar-refractivity contribution in [3.8, 4) is 5.69 Å². The fourth-order valence-corrected chi connectivity index (χ4v) is 4.61. The molecule has 7 heteroatoms. The van der Waals surface area contributed by atoms with Gasteiger partial charge >= 0.3 is 0 Å². The Morgan fingerprint density at radius 3 is 2.47 bits per heavy atom. The summed E-state index contributed by atoms with van der Waals surface area (Å²) in [5, 5.41) is 7.39. The van der Waals surface area contributed by atoms with E-state index in [-0.39, 0.29) is 5.91 Å². The molecule has 164 valence electrons. The number of hydrogen-bond acceptors (Lipinski definition) is 4. The van der Waals surface area contributed by atoms with Crippen LogP contribution in [0.25, 0.3) is 5.69 Å². The van der Waals surface area contributed by atoms with Crippen LogP contribution in [0, 0.1) is 6.92 Å². The molecule has 0 bridgehead atoms. The van der Waals surface area contributed by atoms with Gasteiger partial charge in [0.25, 0.3) is 5.91 Å². The first-order valence-corrected chi connectivity index (χ1v) is 11.6. The SMILES string of the molecule is Cc1nn(-c2cccc(Cl)c2)c(N(C)C)c1CN(Cc1ccccc1)C(=O)c1cccs1. The third kappa shape index (κ3) is 4.71. The van der Waals surface area contributed by atoms with Crippen LogP contribution >= 0.6 is 22.9 Å². The zero-order valence-electron chi connectivity index (χ0n) is 18.3. The molecular formula is C25H25ClN4OS. The van der Waals surface area contributed by atoms with E-state index in [1.165, 1.54) is 11.3 Å². The molecule has 2 heterocycles. The van der Waals surface area contributed by atoms with Crippen molar-refractivity contribution < 1.29 is 4.79 Å². The van der Waals surface area contributed by atoms with Crippen molar-refractivity contribution in [3.05, 3.63) is 98.8 Å². The molecule has 0 N–H and O–H groups in total. The van der Waals surface area contributed by atoms with E-state index in [9.17, 15) is 4.79 Å². The lowest BCUT2D eigenvalue weighted by molar-refractivity contribution is 0.0735. The Hall–Kier alpha value is -3.09. The number of rotatable bonds is 7. The van der Waals surface area contributed by atoms with Gasteiger partial charge < -0.3 is 9.80 Å². The van der Waals surface area contributed by atoms with Gasteiger partial charge in [0.2, 0.25) is 0 Å². The van der Waals surface area contributed by atoms with E-state index in [1.807, 2.05) is 108 Å². The molecule has 4 aromatic rings. The Balaban J connectivity index is 1.75. The molecule has 0 aliphatic carbocycles. The normalized spacial score (nSPS) is 10.9. The first-order valence-electron chi connectivity index (χ1n) is 10.3. The van der Waals surface area contributed by atoms with Crippen LogP contribution in [0.3, 0.4) is 0 Å². The Morgan fingerprint density at radius 1 is 1.03 bits per heavy atom. The molecule has 0 unspecified atom stereocenters. The topological polar surface area (TPSA) is 41.4 Å². The van der Waals surface area contributed by atoms with Crippen LogP contribution in [-0.2, 0) is 13.1 Å². The zero-order valence-corrected chi connectivity index (χ0v) is 19.9. The van der Waals surface area contributed by atoms with Gasteiger partial charge in [-0.3, -0.25) is 4.79 Å². The smallest absolute Gasteiger partial charge is 0.264 e. The van der Waals surface area contributed by atoms with Gasteiger partial charge in [-0.05, 0) is 42.1 Å². The third-order valence-electron chi connectivity index (χ3n) is 5.22. The Bertz CT molecular complexity index is 1200. The molecule has 0 atom stereocenters. The highest BCUT2D eigenvalue weighted by Crippen LogP contribution is 2.29. The summed E-state index contributed by atoms with van der Waals surface area (Å²) in [5.41, 5.74) is 3.86. The average molecular weight is 465 g/mol. The fourth-order valence-electron chi connectivity index (χ4n) is 3.73. The van der Waals surface area contributed by atoms with Crippen LogP contribution in [0.2, 0.25) is 5.02 Å². The van der Waals surface area contributed by atoms with Crippen molar-refractivity contribution in [1.29, 1.82) is 0 Å². The number of amides is 1. The van der Waals surface area contributed by atoms with Gasteiger partial charge in [0.05, 0.1) is 22.8 Å². The van der Waals surface area contributed by atoms with Gasteiger partial charge in [-0.1, -0.05) is 54.1 Å². The van der Waals surface area contributed by atoms with Crippen molar-refractivity contribution in [2.75, 3.05) is 19.0 Å². The quantitative estimate of drug-likeness (QED) is 0.347. The number of aromatic nitrogens is 2. The molecule has 0 saturated carbocycles. The second-order valence-electron chi connectivity index (χ2n) is 7.80. The second-order valence-corrected chi connectivity index (χ2v) is 9.18. The lowest BCUT2D eigenvalue weighted by atomic mass is 10.1. The second kappa shape index (κ2) is 9.59. The molecule has 2 aromatic carbocycles. The molecule has 0 aliphatic heterocycles. The Morgan fingerprint density at radius 2 is 1.81 bits per heavy atom. The molecule has 0 saturated heterocycles. The average Bonchev–Trinajstić information content (AvgIpc) is 3.42. The van der Waals surface area contributed by atoms with Crippen molar-refractivity contribution in [3.63, 3.8) is 0 Å². The summed E-state index contributed by atoms with van der Waals surface area (Å²) < 4.78 is 1.90. The van der Waals surface area contributed by atoms with Crippen molar-refractivity contribution >= 4 is 34.7 Å². The number of halogens is 1. The summed E-state index contributed by atoms with van der Waals surface area (Å²) in [4.78, 5) is 18.1. The molecule has 2 aromatic heterocycles. The molecule has 0 radical (unpaired) electrons. The van der Waals surface area contributed by atoms with Crippen molar-refractivity contribution in [2.45, 2.75) is 20.0 Å². The van der Waals surface area contributed by atoms with Crippen LogP contribution in [-0.4, -0.2) is 34.7 Å². The minimum Gasteiger partial charge on any atom is -0.362 e. The summed E-state index contributed by atoms with van der Waals surface area (Å²) in [6, 6.07) is 21.5. The molecule has 0 fully saturated rings. The lowest BCUT2D eigenvalue weighted by Crippen LogP contribution is -2.30. The Kier molecular flexibility index (Phi) is 6.63. The number of anilines is 1. The van der Waals surface area contributed by atoms with Gasteiger partial charge in [-0.15, -0.1) is 11.3 Å². The predicted molar refractivity (Wildman–Crippen MR) is 132 cm³/mol. The lowest BCUT2D eigenvalue weighted by Gasteiger charge is -2.25. The summed E-state index contributed by atoms with van der Waals surface area (Å²) >= 11 is 7.70. The molecule has 0 spiro atoms. The standard InChI is InChI=1S/C25H25ClN4OS/c1-18-22(24(28(2)3)30(27-18)21-12-7-11-20(26)15-21)17-29(16-19-9-5-4-6-10-19)25(31)23-13-8-14-32-23/h4-15H,16-17H2,1-3H3. The minimum atomic E-state index is 0.0171. The monoisotopic (exact) mass is 464 g/mol. The minimum absolute atomic E-state index is 0.0171. The molecule has 32 heavy (non-hydrogen) atoms. The van der Waals surface area contributed by atoms with Crippen LogP contribution in [0.15, 0.2) is 72.1 Å². The highest BCUT2D eigenvalue weighted by molar-refractivity contribution is 7.12. The number of aryl methyl sites for hydroxylation is 1. The number of thiophene rings is 1. The van der Waals surface area contributed by atoms with E-state index in [2.05, 4.69) is 0 Å². The first-order chi connectivity index (χ1) is 15.4.